The summed E-state index contributed by atoms with van der Waals surface area (Å²) in [6.45, 7) is -0.131. The van der Waals surface area contributed by atoms with E-state index in [1.807, 2.05) is 54.6 Å². The highest BCUT2D eigenvalue weighted by molar-refractivity contribution is 5.91. The molecule has 6 nitrogen and oxygen atoms in total. The highest BCUT2D eigenvalue weighted by Gasteiger charge is 2.47. The number of halogens is 1. The van der Waals surface area contributed by atoms with Crippen molar-refractivity contribution in [3.05, 3.63) is 115 Å². The minimum absolute atomic E-state index is 0.0651. The molecule has 0 saturated carbocycles. The first-order valence-corrected chi connectivity index (χ1v) is 11.5. The van der Waals surface area contributed by atoms with Crippen molar-refractivity contribution in [1.82, 2.24) is 0 Å². The third-order valence-electron chi connectivity index (χ3n) is 6.12. The smallest absolute Gasteiger partial charge is 0.415 e. The summed E-state index contributed by atoms with van der Waals surface area (Å²) in [5, 5.41) is 20.9. The van der Waals surface area contributed by atoms with E-state index < -0.39 is 30.2 Å². The first kappa shape index (κ1) is 23.4. The maximum absolute atomic E-state index is 13.5. The molecule has 4 aromatic rings. The fraction of sp³-hybridized carbons (Fsp3) is 0.138. The zero-order valence-corrected chi connectivity index (χ0v) is 19.2. The van der Waals surface area contributed by atoms with E-state index in [2.05, 4.69) is 0 Å². The van der Waals surface area contributed by atoms with Crippen LogP contribution >= 0.6 is 0 Å². The molecule has 0 aliphatic carbocycles. The number of aromatic hydroxyl groups is 1. The first-order chi connectivity index (χ1) is 17.5. The lowest BCUT2D eigenvalue weighted by Gasteiger charge is -2.27. The number of rotatable bonds is 7. The number of aliphatic hydroxyl groups excluding tert-OH is 1. The molecule has 2 N–H and O–H groups in total. The highest BCUT2D eigenvalue weighted by Crippen LogP contribution is 2.39. The van der Waals surface area contributed by atoms with Crippen molar-refractivity contribution in [2.45, 2.75) is 18.2 Å². The Morgan fingerprint density at radius 1 is 0.889 bits per heavy atom. The highest BCUT2D eigenvalue weighted by atomic mass is 19.1. The predicted octanol–water partition coefficient (Wildman–Crippen LogP) is 5.70. The molecular formula is C29H24FNO5. The van der Waals surface area contributed by atoms with Crippen LogP contribution in [0.25, 0.3) is 11.1 Å². The van der Waals surface area contributed by atoms with E-state index in [4.69, 9.17) is 9.47 Å². The molecule has 0 bridgehead atoms. The minimum atomic E-state index is -1.18. The zero-order chi connectivity index (χ0) is 25.1. The number of carbonyl (C=O) groups excluding carboxylic acids is 1. The number of anilines is 1. The fourth-order valence-electron chi connectivity index (χ4n) is 4.38. The van der Waals surface area contributed by atoms with Crippen molar-refractivity contribution in [1.29, 1.82) is 0 Å². The molecule has 2 unspecified atom stereocenters. The van der Waals surface area contributed by atoms with E-state index in [0.717, 1.165) is 11.1 Å². The van der Waals surface area contributed by atoms with Gasteiger partial charge in [0.1, 0.15) is 36.1 Å². The van der Waals surface area contributed by atoms with Gasteiger partial charge in [-0.15, -0.1) is 0 Å². The van der Waals surface area contributed by atoms with Gasteiger partial charge in [-0.05, 0) is 53.6 Å². The lowest BCUT2D eigenvalue weighted by Crippen LogP contribution is -2.38. The van der Waals surface area contributed by atoms with Gasteiger partial charge in [-0.25, -0.2) is 9.18 Å². The number of phenols is 1. The van der Waals surface area contributed by atoms with Crippen molar-refractivity contribution < 1.29 is 28.9 Å². The maximum Gasteiger partial charge on any atom is 0.415 e. The fourth-order valence-corrected chi connectivity index (χ4v) is 4.38. The average Bonchev–Trinajstić information content (AvgIpc) is 3.26. The Bertz CT molecular complexity index is 1330. The Morgan fingerprint density at radius 2 is 1.56 bits per heavy atom. The molecule has 5 rings (SSSR count). The van der Waals surface area contributed by atoms with Gasteiger partial charge in [0.05, 0.1) is 0 Å². The van der Waals surface area contributed by atoms with Gasteiger partial charge in [0.15, 0.2) is 6.10 Å². The summed E-state index contributed by atoms with van der Waals surface area (Å²) in [6.07, 6.45) is -2.83. The first-order valence-electron chi connectivity index (χ1n) is 11.5. The molecule has 1 amide bonds. The van der Waals surface area contributed by atoms with E-state index in [1.54, 1.807) is 12.1 Å². The zero-order valence-electron chi connectivity index (χ0n) is 19.2. The van der Waals surface area contributed by atoms with Crippen LogP contribution in [0, 0.1) is 5.82 Å². The molecule has 36 heavy (non-hydrogen) atoms. The molecule has 1 saturated heterocycles. The van der Waals surface area contributed by atoms with Crippen LogP contribution in [-0.4, -0.2) is 35.1 Å². The van der Waals surface area contributed by atoms with Crippen molar-refractivity contribution in [3.63, 3.8) is 0 Å². The van der Waals surface area contributed by atoms with Crippen molar-refractivity contribution >= 4 is 11.8 Å². The molecule has 182 valence electrons. The van der Waals surface area contributed by atoms with E-state index in [-0.39, 0.29) is 12.4 Å². The molecule has 7 heteroatoms. The van der Waals surface area contributed by atoms with E-state index in [0.29, 0.717) is 17.0 Å². The average molecular weight is 486 g/mol. The number of hydrogen-bond acceptors (Lipinski definition) is 5. The Labute approximate surface area is 207 Å². The molecular weight excluding hydrogens is 461 g/mol. The van der Waals surface area contributed by atoms with Crippen LogP contribution in [0.1, 0.15) is 11.6 Å². The van der Waals surface area contributed by atoms with Gasteiger partial charge >= 0.3 is 6.09 Å². The summed E-state index contributed by atoms with van der Waals surface area (Å²) in [5.74, 6) is 0.216. The summed E-state index contributed by atoms with van der Waals surface area (Å²) in [4.78, 5) is 14.3. The number of ether oxygens (including phenoxy) is 2. The van der Waals surface area contributed by atoms with Crippen LogP contribution in [0.3, 0.4) is 0 Å². The Morgan fingerprint density at radius 3 is 2.28 bits per heavy atom. The number of carbonyl (C=O) groups is 1. The molecule has 1 aliphatic heterocycles. The van der Waals surface area contributed by atoms with E-state index in [9.17, 15) is 19.4 Å². The Hall–Kier alpha value is -4.36. The second kappa shape index (κ2) is 10.1. The summed E-state index contributed by atoms with van der Waals surface area (Å²) in [5.41, 5.74) is 2.90. The Balaban J connectivity index is 1.42. The summed E-state index contributed by atoms with van der Waals surface area (Å²) < 4.78 is 25.2. The number of phenolic OH excluding ortho intramolecular Hbond substituents is 1. The van der Waals surface area contributed by atoms with Gasteiger partial charge in [-0.2, -0.15) is 0 Å². The van der Waals surface area contributed by atoms with Crippen LogP contribution in [-0.2, 0) is 4.74 Å². The van der Waals surface area contributed by atoms with Crippen LogP contribution in [0.4, 0.5) is 14.9 Å². The Kier molecular flexibility index (Phi) is 6.56. The number of hydrogen-bond donors (Lipinski definition) is 2. The molecule has 1 aliphatic rings. The maximum atomic E-state index is 13.5. The number of cyclic esters (lactones) is 1. The van der Waals surface area contributed by atoms with E-state index >= 15 is 0 Å². The van der Waals surface area contributed by atoms with Gasteiger partial charge in [-0.1, -0.05) is 60.7 Å². The van der Waals surface area contributed by atoms with Crippen LogP contribution in [0.5, 0.6) is 11.5 Å². The number of nitrogens with zero attached hydrogens (tertiary/aromatic N) is 1. The molecule has 3 atom stereocenters. The monoisotopic (exact) mass is 485 g/mol. The van der Waals surface area contributed by atoms with Crippen LogP contribution in [0.15, 0.2) is 103 Å². The van der Waals surface area contributed by atoms with Gasteiger partial charge in [-0.3, -0.25) is 4.90 Å². The SMILES string of the molecule is O=C1OC(C(O)COc2ccccc2-c2ccccc2)[C@@H](c2ccc(O)cc2)N1c1ccc(F)cc1. The second-order valence-corrected chi connectivity index (χ2v) is 8.47. The third kappa shape index (κ3) is 4.74. The summed E-state index contributed by atoms with van der Waals surface area (Å²) >= 11 is 0. The normalized spacial score (nSPS) is 18.1. The van der Waals surface area contributed by atoms with Gasteiger partial charge in [0.25, 0.3) is 0 Å². The number of aliphatic hydroxyl groups is 1. The molecule has 1 fully saturated rings. The van der Waals surface area contributed by atoms with Crippen molar-refractivity contribution in [2.24, 2.45) is 0 Å². The van der Waals surface area contributed by atoms with Gasteiger partial charge in [0.2, 0.25) is 0 Å². The second-order valence-electron chi connectivity index (χ2n) is 8.47. The van der Waals surface area contributed by atoms with Crippen LogP contribution in [0.2, 0.25) is 0 Å². The topological polar surface area (TPSA) is 79.2 Å². The predicted molar refractivity (Wildman–Crippen MR) is 133 cm³/mol. The largest absolute Gasteiger partial charge is 0.508 e. The van der Waals surface area contributed by atoms with Gasteiger partial charge < -0.3 is 19.7 Å². The number of para-hydroxylation sites is 1. The molecule has 4 aromatic carbocycles. The number of amides is 1. The summed E-state index contributed by atoms with van der Waals surface area (Å²) in [6, 6.07) is 28.3. The van der Waals surface area contributed by atoms with E-state index in [1.165, 1.54) is 41.3 Å². The molecule has 1 heterocycles. The molecule has 0 spiro atoms. The minimum Gasteiger partial charge on any atom is -0.508 e. The third-order valence-corrected chi connectivity index (χ3v) is 6.12. The van der Waals surface area contributed by atoms with Crippen molar-refractivity contribution in [3.8, 4) is 22.6 Å². The summed E-state index contributed by atoms with van der Waals surface area (Å²) in [7, 11) is 0. The van der Waals surface area contributed by atoms with Crippen molar-refractivity contribution in [2.75, 3.05) is 11.5 Å². The molecule has 0 radical (unpaired) electrons. The molecule has 0 aromatic heterocycles. The lowest BCUT2D eigenvalue weighted by atomic mass is 9.96. The number of benzene rings is 4. The quantitative estimate of drug-likeness (QED) is 0.351. The van der Waals surface area contributed by atoms with Gasteiger partial charge in [0, 0.05) is 11.3 Å². The lowest BCUT2D eigenvalue weighted by molar-refractivity contribution is -0.00635. The van der Waals surface area contributed by atoms with Crippen LogP contribution < -0.4 is 9.64 Å². The standard InChI is InChI=1S/C29H24FNO5/c30-21-12-14-22(15-13-21)31-27(20-10-16-23(32)17-11-20)28(36-29(31)34)25(33)18-35-26-9-5-4-8-24(26)19-6-2-1-3-7-19/h1-17,25,27-28,32-33H,18H2/t25?,27-,28?/m1/s1.